The van der Waals surface area contributed by atoms with Crippen LogP contribution < -0.4 is 5.32 Å². The minimum absolute atomic E-state index is 0.0441. The van der Waals surface area contributed by atoms with Gasteiger partial charge >= 0.3 is 5.97 Å². The van der Waals surface area contributed by atoms with Crippen LogP contribution in [0.15, 0.2) is 24.3 Å². The highest BCUT2D eigenvalue weighted by molar-refractivity contribution is 6.76. The van der Waals surface area contributed by atoms with Gasteiger partial charge < -0.3 is 10.1 Å². The summed E-state index contributed by atoms with van der Waals surface area (Å²) in [4.78, 5) is 22.9. The Hall–Kier alpha value is -1.46. The molecule has 0 aromatic heterocycles. The summed E-state index contributed by atoms with van der Waals surface area (Å²) in [6.07, 6.45) is 0. The van der Waals surface area contributed by atoms with Crippen molar-refractivity contribution in [1.82, 2.24) is 5.32 Å². The highest BCUT2D eigenvalue weighted by atomic mass is 28.3. The normalized spacial score (nSPS) is 11.2. The molecule has 5 heteroatoms. The second-order valence-electron chi connectivity index (χ2n) is 6.39. The van der Waals surface area contributed by atoms with E-state index in [0.29, 0.717) is 18.7 Å². The van der Waals surface area contributed by atoms with Gasteiger partial charge in [0.15, 0.2) is 5.78 Å². The van der Waals surface area contributed by atoms with Crippen LogP contribution >= 0.6 is 0 Å². The van der Waals surface area contributed by atoms with Crippen molar-refractivity contribution in [3.63, 3.8) is 0 Å². The summed E-state index contributed by atoms with van der Waals surface area (Å²) < 4.78 is 5.20. The van der Waals surface area contributed by atoms with Gasteiger partial charge in [-0.15, -0.1) is 0 Å². The van der Waals surface area contributed by atoms with Crippen LogP contribution in [-0.4, -0.2) is 33.0 Å². The van der Waals surface area contributed by atoms with Gasteiger partial charge in [0.25, 0.3) is 0 Å². The van der Waals surface area contributed by atoms with Crippen molar-refractivity contribution in [2.45, 2.75) is 39.2 Å². The second kappa shape index (κ2) is 8.10. The van der Waals surface area contributed by atoms with Crippen molar-refractivity contribution in [2.75, 3.05) is 13.2 Å². The van der Waals surface area contributed by atoms with Crippen LogP contribution in [0.4, 0.5) is 0 Å². The van der Waals surface area contributed by atoms with Gasteiger partial charge in [-0.1, -0.05) is 37.8 Å². The zero-order valence-electron chi connectivity index (χ0n) is 13.4. The third kappa shape index (κ3) is 7.77. The smallest absolute Gasteiger partial charge is 0.319 e. The molecule has 21 heavy (non-hydrogen) atoms. The third-order valence-corrected chi connectivity index (χ3v) is 4.75. The van der Waals surface area contributed by atoms with Gasteiger partial charge in [-0.25, -0.2) is 0 Å². The summed E-state index contributed by atoms with van der Waals surface area (Å²) in [5, 5.41) is 3.04. The molecule has 0 amide bonds. The first-order chi connectivity index (χ1) is 9.78. The lowest BCUT2D eigenvalue weighted by Gasteiger charge is -2.15. The van der Waals surface area contributed by atoms with Gasteiger partial charge in [-0.3, -0.25) is 9.59 Å². The third-order valence-electron chi connectivity index (χ3n) is 3.05. The number of carbonyl (C=O) groups excluding carboxylic acids is 2. The van der Waals surface area contributed by atoms with Crippen LogP contribution in [-0.2, 0) is 16.1 Å². The maximum atomic E-state index is 11.6. The Kier molecular flexibility index (Phi) is 6.78. The van der Waals surface area contributed by atoms with Crippen molar-refractivity contribution in [2.24, 2.45) is 0 Å². The Morgan fingerprint density at radius 2 is 1.95 bits per heavy atom. The average Bonchev–Trinajstić information content (AvgIpc) is 2.37. The van der Waals surface area contributed by atoms with Crippen LogP contribution in [0.2, 0.25) is 25.7 Å². The molecule has 1 aromatic carbocycles. The molecule has 0 fully saturated rings. The van der Waals surface area contributed by atoms with Crippen molar-refractivity contribution < 1.29 is 14.3 Å². The molecule has 0 saturated carbocycles. The van der Waals surface area contributed by atoms with E-state index in [4.69, 9.17) is 4.74 Å². The Bertz CT molecular complexity index is 495. The Morgan fingerprint density at radius 1 is 1.24 bits per heavy atom. The number of hydrogen-bond acceptors (Lipinski definition) is 4. The van der Waals surface area contributed by atoms with Crippen LogP contribution in [0.1, 0.15) is 22.8 Å². The van der Waals surface area contributed by atoms with E-state index in [1.165, 1.54) is 0 Å². The molecular formula is C16H25NO3Si. The van der Waals surface area contributed by atoms with Crippen LogP contribution in [0.25, 0.3) is 0 Å². The van der Waals surface area contributed by atoms with E-state index in [0.717, 1.165) is 11.6 Å². The summed E-state index contributed by atoms with van der Waals surface area (Å²) in [6, 6.07) is 8.39. The van der Waals surface area contributed by atoms with E-state index in [9.17, 15) is 9.59 Å². The number of benzene rings is 1. The average molecular weight is 307 g/mol. The number of esters is 1. The van der Waals surface area contributed by atoms with Crippen molar-refractivity contribution in [3.8, 4) is 0 Å². The number of Topliss-reactive ketones (excluding diaryl/α,β-unsaturated/α-hetero) is 1. The molecule has 0 bridgehead atoms. The lowest BCUT2D eigenvalue weighted by Crippen LogP contribution is -2.27. The van der Waals surface area contributed by atoms with Crippen molar-refractivity contribution in [1.29, 1.82) is 0 Å². The monoisotopic (exact) mass is 307 g/mol. The molecule has 0 heterocycles. The number of nitrogens with one attached hydrogen (secondary N) is 1. The summed E-state index contributed by atoms with van der Waals surface area (Å²) >= 11 is 0. The van der Waals surface area contributed by atoms with Crippen LogP contribution in [0.3, 0.4) is 0 Å². The largest absolute Gasteiger partial charge is 0.465 e. The Balaban J connectivity index is 2.28. The summed E-state index contributed by atoms with van der Waals surface area (Å²) in [5.41, 5.74) is 1.67. The standard InChI is InChI=1S/C16H25NO3Si/c1-13(18)15-7-5-6-14(10-15)11-17-12-16(19)20-8-9-21(2,3)4/h5-7,10,17H,8-9,11-12H2,1-4H3. The van der Waals surface area contributed by atoms with Crippen LogP contribution in [0.5, 0.6) is 0 Å². The van der Waals surface area contributed by atoms with Gasteiger partial charge in [0.2, 0.25) is 0 Å². The molecule has 1 aromatic rings. The molecule has 0 aliphatic carbocycles. The number of rotatable bonds is 8. The first-order valence-electron chi connectivity index (χ1n) is 7.24. The minimum Gasteiger partial charge on any atom is -0.465 e. The van der Waals surface area contributed by atoms with Crippen LogP contribution in [0, 0.1) is 0 Å². The van der Waals surface area contributed by atoms with E-state index in [-0.39, 0.29) is 18.3 Å². The van der Waals surface area contributed by atoms with E-state index >= 15 is 0 Å². The Labute approximate surface area is 127 Å². The van der Waals surface area contributed by atoms with Crippen molar-refractivity contribution in [3.05, 3.63) is 35.4 Å². The summed E-state index contributed by atoms with van der Waals surface area (Å²) in [5.74, 6) is -0.182. The molecule has 1 rings (SSSR count). The molecule has 0 radical (unpaired) electrons. The predicted octanol–water partition coefficient (Wildman–Crippen LogP) is 2.86. The minimum atomic E-state index is -1.15. The molecule has 0 unspecified atom stereocenters. The highest BCUT2D eigenvalue weighted by Gasteiger charge is 2.13. The van der Waals surface area contributed by atoms with Crippen molar-refractivity contribution >= 4 is 19.8 Å². The molecule has 0 spiro atoms. The SMILES string of the molecule is CC(=O)c1cccc(CNCC(=O)OCC[Si](C)(C)C)c1. The molecular weight excluding hydrogens is 282 g/mol. The maximum absolute atomic E-state index is 11.6. The maximum Gasteiger partial charge on any atom is 0.319 e. The number of ether oxygens (including phenoxy) is 1. The zero-order valence-corrected chi connectivity index (χ0v) is 14.4. The van der Waals surface area contributed by atoms with E-state index in [1.54, 1.807) is 13.0 Å². The predicted molar refractivity (Wildman–Crippen MR) is 87.3 cm³/mol. The molecule has 0 aliphatic rings. The van der Waals surface area contributed by atoms with E-state index in [1.807, 2.05) is 18.2 Å². The van der Waals surface area contributed by atoms with Gasteiger partial charge in [-0.2, -0.15) is 0 Å². The highest BCUT2D eigenvalue weighted by Crippen LogP contribution is 2.08. The number of ketones is 1. The number of carbonyl (C=O) groups is 2. The topological polar surface area (TPSA) is 55.4 Å². The van der Waals surface area contributed by atoms with Gasteiger partial charge in [0.1, 0.15) is 0 Å². The summed E-state index contributed by atoms with van der Waals surface area (Å²) in [6.45, 7) is 9.54. The molecule has 0 aliphatic heterocycles. The molecule has 0 atom stereocenters. The fourth-order valence-corrected chi connectivity index (χ4v) is 2.45. The fourth-order valence-electron chi connectivity index (χ4n) is 1.73. The number of hydrogen-bond donors (Lipinski definition) is 1. The first kappa shape index (κ1) is 17.6. The van der Waals surface area contributed by atoms with Gasteiger partial charge in [-0.05, 0) is 24.6 Å². The van der Waals surface area contributed by atoms with E-state index < -0.39 is 8.07 Å². The Morgan fingerprint density at radius 3 is 2.57 bits per heavy atom. The molecule has 0 saturated heterocycles. The van der Waals surface area contributed by atoms with Gasteiger partial charge in [0, 0.05) is 20.2 Å². The molecule has 1 N–H and O–H groups in total. The molecule has 4 nitrogen and oxygen atoms in total. The molecule has 116 valence electrons. The lowest BCUT2D eigenvalue weighted by molar-refractivity contribution is -0.142. The van der Waals surface area contributed by atoms with E-state index in [2.05, 4.69) is 25.0 Å². The quantitative estimate of drug-likeness (QED) is 0.456. The zero-order chi connectivity index (χ0) is 15.9. The summed E-state index contributed by atoms with van der Waals surface area (Å²) in [7, 11) is -1.15. The second-order valence-corrected chi connectivity index (χ2v) is 12.0. The lowest BCUT2D eigenvalue weighted by atomic mass is 10.1. The van der Waals surface area contributed by atoms with Gasteiger partial charge in [0.05, 0.1) is 13.2 Å². The fraction of sp³-hybridized carbons (Fsp3) is 0.500. The first-order valence-corrected chi connectivity index (χ1v) is 10.9.